The Morgan fingerprint density at radius 1 is 1.12 bits per heavy atom. The molecule has 32 heavy (non-hydrogen) atoms. The number of hydrogen-bond donors (Lipinski definition) is 2. The van der Waals surface area contributed by atoms with Crippen molar-refractivity contribution >= 4 is 56.6 Å². The highest BCUT2D eigenvalue weighted by Gasteiger charge is 2.20. The van der Waals surface area contributed by atoms with Crippen molar-refractivity contribution in [3.8, 4) is 0 Å². The lowest BCUT2D eigenvalue weighted by Gasteiger charge is -2.13. The maximum Gasteiger partial charge on any atom is 0.336 e. The number of anilines is 1. The number of rotatable bonds is 8. The number of halogens is 2. The second-order valence-corrected chi connectivity index (χ2v) is 10.7. The molecule has 0 fully saturated rings. The number of nitrogens with zero attached hydrogens (tertiary/aromatic N) is 1. The predicted molar refractivity (Wildman–Crippen MR) is 129 cm³/mol. The molecule has 3 aromatic rings. The summed E-state index contributed by atoms with van der Waals surface area (Å²) in [6.07, 6.45) is 1.41. The third-order valence-corrected chi connectivity index (χ3v) is 7.53. The first-order chi connectivity index (χ1) is 15.1. The van der Waals surface area contributed by atoms with Gasteiger partial charge in [-0.25, -0.2) is 18.2 Å². The number of nitrogens with one attached hydrogen (secondary N) is 1. The van der Waals surface area contributed by atoms with Crippen molar-refractivity contribution in [2.45, 2.75) is 35.4 Å². The molecule has 10 heteroatoms. The van der Waals surface area contributed by atoms with Gasteiger partial charge in [-0.3, -0.25) is 4.72 Å². The van der Waals surface area contributed by atoms with Crippen molar-refractivity contribution in [2.24, 2.45) is 0 Å². The van der Waals surface area contributed by atoms with Crippen molar-refractivity contribution in [2.75, 3.05) is 4.72 Å². The molecule has 2 aromatic carbocycles. The molecule has 6 nitrogen and oxygen atoms in total. The summed E-state index contributed by atoms with van der Waals surface area (Å²) < 4.78 is 27.9. The number of pyridine rings is 1. The van der Waals surface area contributed by atoms with Crippen LogP contribution in [0.1, 0.15) is 41.3 Å². The van der Waals surface area contributed by atoms with Gasteiger partial charge in [0.25, 0.3) is 10.0 Å². The van der Waals surface area contributed by atoms with Crippen LogP contribution in [0.5, 0.6) is 0 Å². The molecule has 0 aliphatic carbocycles. The van der Waals surface area contributed by atoms with Crippen molar-refractivity contribution < 1.29 is 18.3 Å². The van der Waals surface area contributed by atoms with Gasteiger partial charge in [0.1, 0.15) is 0 Å². The minimum Gasteiger partial charge on any atom is -0.478 e. The number of hydrogen-bond acceptors (Lipinski definition) is 5. The van der Waals surface area contributed by atoms with Gasteiger partial charge in [0.15, 0.2) is 0 Å². The highest BCUT2D eigenvalue weighted by molar-refractivity contribution is 7.98. The van der Waals surface area contributed by atoms with Crippen LogP contribution >= 0.6 is 35.0 Å². The summed E-state index contributed by atoms with van der Waals surface area (Å²) in [6, 6.07) is 12.7. The topological polar surface area (TPSA) is 96.4 Å². The molecule has 0 spiro atoms. The first-order valence-electron chi connectivity index (χ1n) is 9.49. The highest BCUT2D eigenvalue weighted by Crippen LogP contribution is 2.29. The number of carbonyl (C=O) groups is 1. The number of aromatic nitrogens is 1. The molecule has 0 atom stereocenters. The van der Waals surface area contributed by atoms with Gasteiger partial charge in [0.2, 0.25) is 0 Å². The van der Waals surface area contributed by atoms with Crippen LogP contribution in [0.15, 0.2) is 64.6 Å². The zero-order valence-electron chi connectivity index (χ0n) is 17.2. The van der Waals surface area contributed by atoms with E-state index in [4.69, 9.17) is 23.2 Å². The Kier molecular flexibility index (Phi) is 7.71. The summed E-state index contributed by atoms with van der Waals surface area (Å²) in [5.74, 6) is -0.647. The summed E-state index contributed by atoms with van der Waals surface area (Å²) in [5.41, 5.74) is 1.71. The Morgan fingerprint density at radius 3 is 2.47 bits per heavy atom. The van der Waals surface area contributed by atoms with Crippen LogP contribution in [-0.4, -0.2) is 24.5 Å². The van der Waals surface area contributed by atoms with Crippen molar-refractivity contribution in [1.29, 1.82) is 0 Å². The molecule has 0 amide bonds. The third-order valence-electron chi connectivity index (χ3n) is 4.57. The molecule has 0 unspecified atom stereocenters. The molecular formula is C22H20Cl2N2O4S2. The number of carboxylic acid groups (broad SMARTS) is 1. The smallest absolute Gasteiger partial charge is 0.336 e. The van der Waals surface area contributed by atoms with Crippen molar-refractivity contribution in [3.63, 3.8) is 0 Å². The molecular weight excluding hydrogens is 491 g/mol. The highest BCUT2D eigenvalue weighted by atomic mass is 35.5. The Balaban J connectivity index is 1.73. The van der Waals surface area contributed by atoms with E-state index in [1.54, 1.807) is 24.3 Å². The largest absolute Gasteiger partial charge is 0.478 e. The lowest BCUT2D eigenvalue weighted by Crippen LogP contribution is -2.15. The maximum absolute atomic E-state index is 12.8. The van der Waals surface area contributed by atoms with Crippen LogP contribution in [0.2, 0.25) is 10.0 Å². The van der Waals surface area contributed by atoms with Gasteiger partial charge in [-0.2, -0.15) is 0 Å². The Bertz CT molecular complexity index is 1250. The summed E-state index contributed by atoms with van der Waals surface area (Å²) in [5, 5.41) is 11.3. The Labute approximate surface area is 201 Å². The molecule has 0 bridgehead atoms. The van der Waals surface area contributed by atoms with Crippen molar-refractivity contribution in [3.05, 3.63) is 81.5 Å². The van der Waals surface area contributed by atoms with Gasteiger partial charge < -0.3 is 5.11 Å². The lowest BCUT2D eigenvalue weighted by molar-refractivity contribution is 0.0695. The lowest BCUT2D eigenvalue weighted by atomic mass is 9.97. The fraction of sp³-hybridized carbons (Fsp3) is 0.182. The van der Waals surface area contributed by atoms with E-state index in [0.29, 0.717) is 26.4 Å². The standard InChI is InChI=1S/C22H20Cl2N2O4S2/c1-13(2)18-7-6-17(10-19(18)22(27)28)32(29,30)26-16-5-8-21(25-11-16)31-12-14-3-4-15(23)9-20(14)24/h3-11,13,26H,12H2,1-2H3,(H,27,28). The zero-order chi connectivity index (χ0) is 23.5. The average Bonchev–Trinajstić information content (AvgIpc) is 2.73. The minimum absolute atomic E-state index is 0.0337. The van der Waals surface area contributed by atoms with Gasteiger partial charge in [-0.1, -0.05) is 49.2 Å². The number of aromatic carboxylic acids is 1. The van der Waals surface area contributed by atoms with Crippen LogP contribution < -0.4 is 4.72 Å². The number of thioether (sulfide) groups is 1. The van der Waals surface area contributed by atoms with Crippen LogP contribution in [-0.2, 0) is 15.8 Å². The molecule has 0 radical (unpaired) electrons. The normalized spacial score (nSPS) is 11.5. The second-order valence-electron chi connectivity index (χ2n) is 7.22. The van der Waals surface area contributed by atoms with E-state index in [-0.39, 0.29) is 22.1 Å². The van der Waals surface area contributed by atoms with E-state index in [1.165, 1.54) is 36.2 Å². The third kappa shape index (κ3) is 5.95. The summed E-state index contributed by atoms with van der Waals surface area (Å²) in [6.45, 7) is 3.70. The number of sulfonamides is 1. The van der Waals surface area contributed by atoms with Gasteiger partial charge in [-0.15, -0.1) is 11.8 Å². The molecule has 0 saturated carbocycles. The zero-order valence-corrected chi connectivity index (χ0v) is 20.3. The molecule has 1 aromatic heterocycles. The Hall–Kier alpha value is -2.26. The first-order valence-corrected chi connectivity index (χ1v) is 12.7. The molecule has 168 valence electrons. The van der Waals surface area contributed by atoms with Crippen LogP contribution in [0.25, 0.3) is 0 Å². The van der Waals surface area contributed by atoms with E-state index in [0.717, 1.165) is 5.56 Å². The van der Waals surface area contributed by atoms with Crippen LogP contribution in [0.3, 0.4) is 0 Å². The van der Waals surface area contributed by atoms with E-state index < -0.39 is 16.0 Å². The quantitative estimate of drug-likeness (QED) is 0.345. The minimum atomic E-state index is -3.98. The number of carboxylic acids is 1. The monoisotopic (exact) mass is 510 g/mol. The SMILES string of the molecule is CC(C)c1ccc(S(=O)(=O)Nc2ccc(SCc3ccc(Cl)cc3Cl)nc2)cc1C(=O)O. The van der Waals surface area contributed by atoms with Crippen molar-refractivity contribution in [1.82, 2.24) is 4.98 Å². The van der Waals surface area contributed by atoms with E-state index in [2.05, 4.69) is 9.71 Å². The fourth-order valence-electron chi connectivity index (χ4n) is 2.92. The summed E-state index contributed by atoms with van der Waals surface area (Å²) in [7, 11) is -3.98. The van der Waals surface area contributed by atoms with Gasteiger partial charge in [-0.05, 0) is 53.4 Å². The number of benzene rings is 2. The average molecular weight is 511 g/mol. The molecule has 0 saturated heterocycles. The maximum atomic E-state index is 12.8. The summed E-state index contributed by atoms with van der Waals surface area (Å²) in [4.78, 5) is 15.7. The van der Waals surface area contributed by atoms with E-state index in [9.17, 15) is 18.3 Å². The predicted octanol–water partition coefficient (Wildman–Crippen LogP) is 6.30. The molecule has 0 aliphatic rings. The van der Waals surface area contributed by atoms with Crippen LogP contribution in [0, 0.1) is 0 Å². The molecule has 3 rings (SSSR count). The molecule has 0 aliphatic heterocycles. The Morgan fingerprint density at radius 2 is 1.88 bits per heavy atom. The molecule has 2 N–H and O–H groups in total. The molecule has 1 heterocycles. The first kappa shape index (κ1) is 24.4. The summed E-state index contributed by atoms with van der Waals surface area (Å²) >= 11 is 13.5. The van der Waals surface area contributed by atoms with Gasteiger partial charge in [0.05, 0.1) is 27.4 Å². The van der Waals surface area contributed by atoms with E-state index >= 15 is 0 Å². The van der Waals surface area contributed by atoms with Crippen LogP contribution in [0.4, 0.5) is 5.69 Å². The van der Waals surface area contributed by atoms with Gasteiger partial charge in [0, 0.05) is 15.8 Å². The fourth-order valence-corrected chi connectivity index (χ4v) is 5.39. The van der Waals surface area contributed by atoms with E-state index in [1.807, 2.05) is 19.9 Å². The second kappa shape index (κ2) is 10.1. The van der Waals surface area contributed by atoms with Gasteiger partial charge >= 0.3 is 5.97 Å².